The van der Waals surface area contributed by atoms with Crippen LogP contribution in [-0.4, -0.2) is 42.5 Å². The lowest BCUT2D eigenvalue weighted by Gasteiger charge is -2.20. The largest absolute Gasteiger partial charge is 0.494 e. The Kier molecular flexibility index (Phi) is 13.8. The van der Waals surface area contributed by atoms with Crippen LogP contribution < -0.4 is 9.47 Å². The maximum absolute atomic E-state index is 11.3. The van der Waals surface area contributed by atoms with Gasteiger partial charge >= 0.3 is 11.9 Å². The van der Waals surface area contributed by atoms with E-state index in [-0.39, 0.29) is 19.4 Å². The quantitative estimate of drug-likeness (QED) is 0.141. The van der Waals surface area contributed by atoms with Gasteiger partial charge in [0.05, 0.1) is 19.8 Å². The first-order valence-corrected chi connectivity index (χ1v) is 16.0. The molecule has 1 aliphatic carbocycles. The summed E-state index contributed by atoms with van der Waals surface area (Å²) in [6, 6.07) is 11.7. The first kappa shape index (κ1) is 34.4. The van der Waals surface area contributed by atoms with Gasteiger partial charge in [-0.15, -0.1) is 0 Å². The normalized spacial score (nSPS) is 14.0. The number of rotatable bonds is 20. The lowest BCUT2D eigenvalue weighted by Crippen LogP contribution is -2.07. The van der Waals surface area contributed by atoms with Gasteiger partial charge in [-0.25, -0.2) is 0 Å². The molecule has 1 heterocycles. The molecule has 2 aliphatic rings. The van der Waals surface area contributed by atoms with Crippen molar-refractivity contribution in [3.05, 3.63) is 101 Å². The number of methoxy groups -OCH3 is 1. The molecule has 0 bridgehead atoms. The van der Waals surface area contributed by atoms with Gasteiger partial charge in [-0.1, -0.05) is 43.2 Å². The fourth-order valence-electron chi connectivity index (χ4n) is 5.40. The number of hydrogen-bond acceptors (Lipinski definition) is 7. The van der Waals surface area contributed by atoms with Crippen LogP contribution in [0.1, 0.15) is 80.0 Å². The second-order valence-electron chi connectivity index (χ2n) is 11.3. The van der Waals surface area contributed by atoms with Gasteiger partial charge in [0.2, 0.25) is 0 Å². The number of carboxylic acid groups (broad SMARTS) is 2. The van der Waals surface area contributed by atoms with Gasteiger partial charge in [0.1, 0.15) is 24.0 Å². The molecule has 46 heavy (non-hydrogen) atoms. The summed E-state index contributed by atoms with van der Waals surface area (Å²) in [4.78, 5) is 22.1. The first-order chi connectivity index (χ1) is 22.4. The van der Waals surface area contributed by atoms with Crippen LogP contribution in [0.2, 0.25) is 0 Å². The minimum atomic E-state index is -0.864. The molecule has 0 saturated heterocycles. The average molecular weight is 633 g/mol. The van der Waals surface area contributed by atoms with E-state index in [9.17, 15) is 14.7 Å². The second kappa shape index (κ2) is 18.5. The Morgan fingerprint density at radius 1 is 0.870 bits per heavy atom. The van der Waals surface area contributed by atoms with Crippen molar-refractivity contribution in [2.45, 2.75) is 77.2 Å². The van der Waals surface area contributed by atoms with Crippen molar-refractivity contribution in [2.24, 2.45) is 0 Å². The van der Waals surface area contributed by atoms with E-state index < -0.39 is 11.9 Å². The smallest absolute Gasteiger partial charge is 0.303 e. The SMILES string of the molecule is COCc1cc(OCCCCCCc2cccc(OCCCC(=O)O)c2CCC(=O)O)cc(C2=COC=C(C3=CC=CCC3)O2)c1. The highest BCUT2D eigenvalue weighted by molar-refractivity contribution is 5.67. The van der Waals surface area contributed by atoms with Gasteiger partial charge in [0, 0.05) is 25.5 Å². The van der Waals surface area contributed by atoms with Crippen molar-refractivity contribution >= 4 is 17.7 Å². The van der Waals surface area contributed by atoms with E-state index in [4.69, 9.17) is 28.8 Å². The summed E-state index contributed by atoms with van der Waals surface area (Å²) in [6.45, 7) is 1.29. The highest BCUT2D eigenvalue weighted by atomic mass is 16.5. The van der Waals surface area contributed by atoms with Gasteiger partial charge in [0.15, 0.2) is 11.5 Å². The van der Waals surface area contributed by atoms with E-state index in [1.54, 1.807) is 19.6 Å². The van der Waals surface area contributed by atoms with E-state index in [1.807, 2.05) is 42.5 Å². The average Bonchev–Trinajstić information content (AvgIpc) is 3.06. The fraction of sp³-hybridized carbons (Fsp3) is 0.405. The van der Waals surface area contributed by atoms with Gasteiger partial charge in [-0.2, -0.15) is 0 Å². The van der Waals surface area contributed by atoms with Crippen molar-refractivity contribution in [3.63, 3.8) is 0 Å². The molecule has 0 amide bonds. The Morgan fingerprint density at radius 2 is 1.67 bits per heavy atom. The first-order valence-electron chi connectivity index (χ1n) is 16.0. The van der Waals surface area contributed by atoms with E-state index in [0.29, 0.717) is 43.3 Å². The third-order valence-corrected chi connectivity index (χ3v) is 7.68. The zero-order chi connectivity index (χ0) is 32.6. The molecule has 0 radical (unpaired) electrons. The van der Waals surface area contributed by atoms with Crippen LogP contribution in [0.15, 0.2) is 78.5 Å². The number of carboxylic acids is 2. The van der Waals surface area contributed by atoms with Crippen molar-refractivity contribution in [1.29, 1.82) is 0 Å². The third-order valence-electron chi connectivity index (χ3n) is 7.68. The Balaban J connectivity index is 1.26. The van der Waals surface area contributed by atoms with Crippen molar-refractivity contribution in [1.82, 2.24) is 0 Å². The Hall–Kier alpha value is -4.50. The monoisotopic (exact) mass is 632 g/mol. The lowest BCUT2D eigenvalue weighted by atomic mass is 9.97. The molecule has 2 aromatic rings. The highest BCUT2D eigenvalue weighted by Crippen LogP contribution is 2.33. The lowest BCUT2D eigenvalue weighted by molar-refractivity contribution is -0.138. The number of hydrogen-bond donors (Lipinski definition) is 2. The third kappa shape index (κ3) is 11.1. The Bertz CT molecular complexity index is 1450. The molecule has 0 spiro atoms. The zero-order valence-electron chi connectivity index (χ0n) is 26.5. The molecule has 0 unspecified atom stereocenters. The van der Waals surface area contributed by atoms with E-state index in [2.05, 4.69) is 12.2 Å². The molecule has 0 saturated carbocycles. The predicted molar refractivity (Wildman–Crippen MR) is 174 cm³/mol. The van der Waals surface area contributed by atoms with Gasteiger partial charge in [-0.05, 0) is 91.5 Å². The standard InChI is InChI=1S/C37H44O9/c1-42-24-27-21-30(35-26-43-25-34(46-35)29-12-6-4-7-13-29)23-31(22-27)44-19-8-3-2-5-11-28-14-9-15-33(32(28)17-18-37(40)41)45-20-10-16-36(38)39/h4,6,9,12,14-15,21-23,25-26H,2-3,5,7-8,10-11,13,16-20,24H2,1H3,(H,38,39)(H,40,41). The molecular weight excluding hydrogens is 588 g/mol. The topological polar surface area (TPSA) is 121 Å². The summed E-state index contributed by atoms with van der Waals surface area (Å²) in [5, 5.41) is 18.1. The summed E-state index contributed by atoms with van der Waals surface area (Å²) in [5.74, 6) is 0.993. The predicted octanol–water partition coefficient (Wildman–Crippen LogP) is 7.74. The molecular formula is C37H44O9. The molecule has 0 atom stereocenters. The zero-order valence-corrected chi connectivity index (χ0v) is 26.5. The summed E-state index contributed by atoms with van der Waals surface area (Å²) in [6.07, 6.45) is 16.8. The van der Waals surface area contributed by atoms with Gasteiger partial charge < -0.3 is 33.9 Å². The van der Waals surface area contributed by atoms with Crippen LogP contribution in [0.3, 0.4) is 0 Å². The minimum absolute atomic E-state index is 0.0110. The molecule has 4 rings (SSSR count). The maximum atomic E-state index is 11.3. The number of aliphatic carboxylic acids is 2. The van der Waals surface area contributed by atoms with Crippen molar-refractivity contribution < 1.29 is 43.5 Å². The number of unbranched alkanes of at least 4 members (excludes halogenated alkanes) is 3. The van der Waals surface area contributed by atoms with Crippen LogP contribution in [0.5, 0.6) is 11.5 Å². The summed E-state index contributed by atoms with van der Waals surface area (Å²) < 4.78 is 29.3. The Morgan fingerprint density at radius 3 is 2.46 bits per heavy atom. The summed E-state index contributed by atoms with van der Waals surface area (Å²) in [5.41, 5.74) is 4.90. The van der Waals surface area contributed by atoms with E-state index in [1.165, 1.54) is 0 Å². The molecule has 2 aromatic carbocycles. The van der Waals surface area contributed by atoms with Crippen LogP contribution in [-0.2, 0) is 43.2 Å². The van der Waals surface area contributed by atoms with Crippen LogP contribution in [0.4, 0.5) is 0 Å². The second-order valence-corrected chi connectivity index (χ2v) is 11.3. The van der Waals surface area contributed by atoms with Gasteiger partial charge in [0.25, 0.3) is 0 Å². The molecule has 2 N–H and O–H groups in total. The fourth-order valence-corrected chi connectivity index (χ4v) is 5.40. The maximum Gasteiger partial charge on any atom is 0.303 e. The summed E-state index contributed by atoms with van der Waals surface area (Å²) >= 11 is 0. The Labute approximate surface area is 270 Å². The number of allylic oxidation sites excluding steroid dienone is 4. The number of ether oxygens (including phenoxy) is 5. The molecule has 0 fully saturated rings. The van der Waals surface area contributed by atoms with Crippen molar-refractivity contribution in [2.75, 3.05) is 20.3 Å². The van der Waals surface area contributed by atoms with Crippen LogP contribution in [0.25, 0.3) is 5.76 Å². The summed E-state index contributed by atoms with van der Waals surface area (Å²) in [7, 11) is 1.66. The minimum Gasteiger partial charge on any atom is -0.494 e. The highest BCUT2D eigenvalue weighted by Gasteiger charge is 2.18. The molecule has 1 aliphatic heterocycles. The molecule has 9 nitrogen and oxygen atoms in total. The van der Waals surface area contributed by atoms with E-state index >= 15 is 0 Å². The number of benzene rings is 2. The van der Waals surface area contributed by atoms with Crippen LogP contribution in [0, 0.1) is 0 Å². The van der Waals surface area contributed by atoms with E-state index in [0.717, 1.165) is 78.5 Å². The molecule has 9 heteroatoms. The van der Waals surface area contributed by atoms with Crippen molar-refractivity contribution in [3.8, 4) is 11.5 Å². The molecule has 0 aromatic heterocycles. The number of aryl methyl sites for hydroxylation is 1. The van der Waals surface area contributed by atoms with Gasteiger partial charge in [-0.3, -0.25) is 9.59 Å². The van der Waals surface area contributed by atoms with Crippen LogP contribution >= 0.6 is 0 Å². The molecule has 246 valence electrons. The number of carbonyl (C=O) groups is 2.